The maximum atomic E-state index is 8.88. The first-order valence-corrected chi connectivity index (χ1v) is 2.61. The first kappa shape index (κ1) is 16.0. The van der Waals surface area contributed by atoms with E-state index in [1.54, 1.807) is 0 Å². The molecule has 0 bridgehead atoms. The van der Waals surface area contributed by atoms with Gasteiger partial charge in [0.15, 0.2) is 0 Å². The van der Waals surface area contributed by atoms with Crippen molar-refractivity contribution >= 4 is 7.82 Å². The minimum absolute atomic E-state index is 0. The van der Waals surface area contributed by atoms with Crippen LogP contribution < -0.4 is 35.5 Å². The molecule has 0 spiro atoms. The Balaban J connectivity index is -0.0000000286. The van der Waals surface area contributed by atoms with Crippen LogP contribution in [0.15, 0.2) is 0 Å². The van der Waals surface area contributed by atoms with E-state index in [0.717, 1.165) is 0 Å². The predicted molar refractivity (Wildman–Crippen MR) is 21.3 cm³/mol. The van der Waals surface area contributed by atoms with Crippen molar-refractivity contribution in [2.45, 2.75) is 0 Å². The fraction of sp³-hybridized carbons (Fsp3) is 0. The normalized spacial score (nSPS) is 8.12. The van der Waals surface area contributed by atoms with Crippen molar-refractivity contribution in [1.82, 2.24) is 0 Å². The van der Waals surface area contributed by atoms with Gasteiger partial charge >= 0.3 is 37.4 Å². The maximum Gasteiger partial charge on any atom is 1.00 e. The molecule has 6 nitrogen and oxygen atoms in total. The third kappa shape index (κ3) is 241. The van der Waals surface area contributed by atoms with Gasteiger partial charge in [-0.1, -0.05) is 0 Å². The van der Waals surface area contributed by atoms with Gasteiger partial charge in [0.25, 0.3) is 0 Å². The van der Waals surface area contributed by atoms with Crippen LogP contribution in [0.4, 0.5) is 0 Å². The van der Waals surface area contributed by atoms with Crippen molar-refractivity contribution in [2.24, 2.45) is 5.90 Å². The van der Waals surface area contributed by atoms with Crippen molar-refractivity contribution in [3.05, 3.63) is 0 Å². The Kier molecular flexibility index (Phi) is 16.1. The molecular formula is H7NNaO5P. The third-order valence-electron chi connectivity index (χ3n) is 0. The standard InChI is InChI=1S/H3NO.Na.H3O4P.H/c1-2;;1-5(2,3)4;/h2H,1H2;;(H3,1,2,3,4);/q;+1;;-1. The van der Waals surface area contributed by atoms with Crippen molar-refractivity contribution in [3.8, 4) is 0 Å². The molecule has 0 aliphatic heterocycles. The van der Waals surface area contributed by atoms with Gasteiger partial charge in [0.05, 0.1) is 0 Å². The van der Waals surface area contributed by atoms with E-state index >= 15 is 0 Å². The van der Waals surface area contributed by atoms with Gasteiger partial charge in [-0.15, -0.1) is 0 Å². The van der Waals surface area contributed by atoms with Gasteiger partial charge in [0, 0.05) is 0 Å². The number of rotatable bonds is 0. The molecule has 0 atom stereocenters. The minimum atomic E-state index is -4.64. The Morgan fingerprint density at radius 3 is 1.25 bits per heavy atom. The fourth-order valence-corrected chi connectivity index (χ4v) is 0. The molecular weight excluding hydrogens is 148 g/mol. The summed E-state index contributed by atoms with van der Waals surface area (Å²) >= 11 is 0. The van der Waals surface area contributed by atoms with E-state index in [1.165, 1.54) is 0 Å². The van der Waals surface area contributed by atoms with Crippen LogP contribution in [0.3, 0.4) is 0 Å². The zero-order chi connectivity index (χ0) is 6.50. The Morgan fingerprint density at radius 2 is 1.25 bits per heavy atom. The van der Waals surface area contributed by atoms with E-state index in [0.29, 0.717) is 0 Å². The second kappa shape index (κ2) is 8.03. The molecule has 0 aromatic heterocycles. The fourth-order valence-electron chi connectivity index (χ4n) is 0. The van der Waals surface area contributed by atoms with Crippen LogP contribution in [0.1, 0.15) is 1.43 Å². The van der Waals surface area contributed by atoms with Gasteiger partial charge in [-0.2, -0.15) is 0 Å². The quantitative estimate of drug-likeness (QED) is 0.136. The van der Waals surface area contributed by atoms with Crippen LogP contribution >= 0.6 is 7.82 Å². The largest absolute Gasteiger partial charge is 1.00 e. The summed E-state index contributed by atoms with van der Waals surface area (Å²) < 4.78 is 8.88. The molecule has 0 saturated carbocycles. The second-order valence-corrected chi connectivity index (χ2v) is 1.54. The summed E-state index contributed by atoms with van der Waals surface area (Å²) in [6.45, 7) is 0. The molecule has 0 amide bonds. The molecule has 0 aromatic rings. The summed E-state index contributed by atoms with van der Waals surface area (Å²) in [5.74, 6) is 3.50. The second-order valence-electron chi connectivity index (χ2n) is 0.513. The average molecular weight is 155 g/mol. The minimum Gasteiger partial charge on any atom is -1.00 e. The maximum absolute atomic E-state index is 8.88. The first-order chi connectivity index (χ1) is 3.00. The molecule has 0 radical (unpaired) electrons. The average Bonchev–Trinajstić information content (AvgIpc) is 1.36. The van der Waals surface area contributed by atoms with Crippen LogP contribution in [-0.4, -0.2) is 19.9 Å². The topological polar surface area (TPSA) is 124 Å². The molecule has 0 aliphatic rings. The zero-order valence-corrected chi connectivity index (χ0v) is 7.12. The van der Waals surface area contributed by atoms with E-state index < -0.39 is 7.82 Å². The Morgan fingerprint density at radius 1 is 1.25 bits per heavy atom. The molecule has 0 fully saturated rings. The number of nitrogens with two attached hydrogens (primary N) is 1. The molecule has 8 heteroatoms. The Labute approximate surface area is 69.3 Å². The smallest absolute Gasteiger partial charge is 1.00 e. The molecule has 0 rings (SSSR count). The van der Waals surface area contributed by atoms with E-state index in [-0.39, 0.29) is 31.0 Å². The summed E-state index contributed by atoms with van der Waals surface area (Å²) in [5, 5.41) is 6.50. The van der Waals surface area contributed by atoms with Gasteiger partial charge in [-0.3, -0.25) is 0 Å². The number of hydrogen-bond donors (Lipinski definition) is 5. The van der Waals surface area contributed by atoms with Crippen LogP contribution in [0, 0.1) is 0 Å². The molecule has 0 saturated heterocycles. The summed E-state index contributed by atoms with van der Waals surface area (Å²) in [6.07, 6.45) is 0. The first-order valence-electron chi connectivity index (χ1n) is 1.04. The summed E-state index contributed by atoms with van der Waals surface area (Å²) in [5.41, 5.74) is 0. The predicted octanol–water partition coefficient (Wildman–Crippen LogP) is -4.48. The molecule has 48 valence electrons. The van der Waals surface area contributed by atoms with Crippen LogP contribution in [0.2, 0.25) is 0 Å². The van der Waals surface area contributed by atoms with E-state index in [4.69, 9.17) is 24.5 Å². The van der Waals surface area contributed by atoms with E-state index in [9.17, 15) is 0 Å². The molecule has 8 heavy (non-hydrogen) atoms. The van der Waals surface area contributed by atoms with Gasteiger partial charge in [-0.05, 0) is 0 Å². The van der Waals surface area contributed by atoms with E-state index in [1.807, 2.05) is 0 Å². The van der Waals surface area contributed by atoms with Crippen molar-refractivity contribution in [2.75, 3.05) is 0 Å². The molecule has 0 aliphatic carbocycles. The van der Waals surface area contributed by atoms with Crippen molar-refractivity contribution < 1.29 is 55.4 Å². The zero-order valence-electron chi connectivity index (χ0n) is 5.22. The van der Waals surface area contributed by atoms with E-state index in [2.05, 4.69) is 5.90 Å². The molecule has 0 heterocycles. The number of phosphoric acid groups is 1. The van der Waals surface area contributed by atoms with Crippen LogP contribution in [0.25, 0.3) is 0 Å². The monoisotopic (exact) mass is 155 g/mol. The van der Waals surface area contributed by atoms with Gasteiger partial charge in [0.1, 0.15) is 0 Å². The van der Waals surface area contributed by atoms with Gasteiger partial charge < -0.3 is 21.3 Å². The summed E-state index contributed by atoms with van der Waals surface area (Å²) in [4.78, 5) is 21.6. The third-order valence-corrected chi connectivity index (χ3v) is 0. The van der Waals surface area contributed by atoms with Crippen LogP contribution in [0.5, 0.6) is 0 Å². The Bertz CT molecular complexity index is 63.1. The SMILES string of the molecule is NO.O=P(O)(O)O.[H-].[Na+]. The molecule has 6 N–H and O–H groups in total. The van der Waals surface area contributed by atoms with Crippen molar-refractivity contribution in [1.29, 1.82) is 0 Å². The molecule has 0 aromatic carbocycles. The van der Waals surface area contributed by atoms with Gasteiger partial charge in [0.2, 0.25) is 0 Å². The molecule has 0 unspecified atom stereocenters. The number of hydrogen-bond acceptors (Lipinski definition) is 3. The van der Waals surface area contributed by atoms with Gasteiger partial charge in [-0.25, -0.2) is 10.5 Å². The summed E-state index contributed by atoms with van der Waals surface area (Å²) in [6, 6.07) is 0. The van der Waals surface area contributed by atoms with Crippen molar-refractivity contribution in [3.63, 3.8) is 0 Å². The Hall–Kier alpha value is 1.03. The van der Waals surface area contributed by atoms with Crippen LogP contribution in [-0.2, 0) is 4.57 Å². The summed E-state index contributed by atoms with van der Waals surface area (Å²) in [7, 11) is -4.64.